The lowest BCUT2D eigenvalue weighted by Gasteiger charge is -2.22. The van der Waals surface area contributed by atoms with E-state index in [9.17, 15) is 9.59 Å². The van der Waals surface area contributed by atoms with Crippen molar-refractivity contribution in [1.29, 1.82) is 5.26 Å². The molecule has 6 nitrogen and oxygen atoms in total. The van der Waals surface area contributed by atoms with Crippen LogP contribution >= 0.6 is 0 Å². The quantitative estimate of drug-likeness (QED) is 0.778. The molecule has 0 saturated heterocycles. The maximum Gasteiger partial charge on any atom is 0.408 e. The molecule has 0 aromatic heterocycles. The van der Waals surface area contributed by atoms with Crippen LogP contribution in [0.5, 0.6) is 0 Å². The third-order valence-electron chi connectivity index (χ3n) is 1.80. The van der Waals surface area contributed by atoms with Crippen molar-refractivity contribution in [3.8, 4) is 6.07 Å². The molecule has 17 heavy (non-hydrogen) atoms. The van der Waals surface area contributed by atoms with Crippen LogP contribution in [-0.2, 0) is 9.53 Å². The Balaban J connectivity index is 4.42. The summed E-state index contributed by atoms with van der Waals surface area (Å²) in [6.07, 6.45) is -0.750. The van der Waals surface area contributed by atoms with Crippen molar-refractivity contribution in [3.05, 3.63) is 0 Å². The third-order valence-corrected chi connectivity index (χ3v) is 1.80. The summed E-state index contributed by atoms with van der Waals surface area (Å²) in [5.41, 5.74) is -0.687. The summed E-state index contributed by atoms with van der Waals surface area (Å²) in [4.78, 5) is 22.2. The van der Waals surface area contributed by atoms with Gasteiger partial charge in [-0.2, -0.15) is 5.26 Å². The predicted molar refractivity (Wildman–Crippen MR) is 60.2 cm³/mol. The van der Waals surface area contributed by atoms with Crippen molar-refractivity contribution in [3.63, 3.8) is 0 Å². The lowest BCUT2D eigenvalue weighted by Crippen LogP contribution is -2.44. The number of ether oxygens (including phenoxy) is 1. The maximum absolute atomic E-state index is 11.4. The number of hydrogen-bond acceptors (Lipinski definition) is 4. The SMILES string of the molecule is CC(C#N)CC(NC(=O)OC(C)(C)C)C(=O)O. The van der Waals surface area contributed by atoms with Crippen LogP contribution in [0.25, 0.3) is 0 Å². The van der Waals surface area contributed by atoms with Gasteiger partial charge in [0.1, 0.15) is 11.6 Å². The second-order valence-electron chi connectivity index (χ2n) is 4.80. The Morgan fingerprint density at radius 1 is 1.47 bits per heavy atom. The van der Waals surface area contributed by atoms with E-state index in [2.05, 4.69) is 5.32 Å². The molecular formula is C11H18N2O4. The summed E-state index contributed by atoms with van der Waals surface area (Å²) in [5, 5.41) is 19.7. The molecule has 2 N–H and O–H groups in total. The van der Waals surface area contributed by atoms with Crippen LogP contribution in [0.15, 0.2) is 0 Å². The smallest absolute Gasteiger partial charge is 0.408 e. The van der Waals surface area contributed by atoms with Gasteiger partial charge >= 0.3 is 12.1 Å². The molecule has 0 aliphatic carbocycles. The molecule has 0 aliphatic rings. The van der Waals surface area contributed by atoms with Gasteiger partial charge < -0.3 is 15.2 Å². The minimum Gasteiger partial charge on any atom is -0.480 e. The largest absolute Gasteiger partial charge is 0.480 e. The standard InChI is InChI=1S/C11H18N2O4/c1-7(6-12)5-8(9(14)15)13-10(16)17-11(2,3)4/h7-8H,5H2,1-4H3,(H,13,16)(H,14,15). The van der Waals surface area contributed by atoms with Gasteiger partial charge in [-0.1, -0.05) is 0 Å². The zero-order valence-electron chi connectivity index (χ0n) is 10.5. The van der Waals surface area contributed by atoms with Gasteiger partial charge in [-0.15, -0.1) is 0 Å². The molecule has 0 aromatic rings. The average Bonchev–Trinajstić information content (AvgIpc) is 2.13. The first-order valence-electron chi connectivity index (χ1n) is 5.27. The summed E-state index contributed by atoms with van der Waals surface area (Å²) in [6, 6.07) is 0.805. The molecule has 6 heteroatoms. The number of carboxylic acids is 1. The van der Waals surface area contributed by atoms with Gasteiger partial charge in [-0.25, -0.2) is 9.59 Å². The van der Waals surface area contributed by atoms with Gasteiger partial charge in [-0.05, 0) is 34.1 Å². The van der Waals surface area contributed by atoms with Crippen molar-refractivity contribution < 1.29 is 19.4 Å². The number of nitrogens with one attached hydrogen (secondary N) is 1. The number of alkyl carbamates (subject to hydrolysis) is 1. The van der Waals surface area contributed by atoms with E-state index in [0.717, 1.165) is 0 Å². The fraction of sp³-hybridized carbons (Fsp3) is 0.727. The number of nitrogens with zero attached hydrogens (tertiary/aromatic N) is 1. The number of carboxylic acid groups (broad SMARTS) is 1. The fourth-order valence-electron chi connectivity index (χ4n) is 1.08. The highest BCUT2D eigenvalue weighted by atomic mass is 16.6. The molecule has 1 amide bonds. The van der Waals surface area contributed by atoms with Crippen LogP contribution in [0.1, 0.15) is 34.1 Å². The second kappa shape index (κ2) is 6.09. The van der Waals surface area contributed by atoms with Gasteiger partial charge in [0, 0.05) is 5.92 Å². The summed E-state index contributed by atoms with van der Waals surface area (Å²) < 4.78 is 4.94. The highest BCUT2D eigenvalue weighted by Gasteiger charge is 2.25. The van der Waals surface area contributed by atoms with E-state index in [1.165, 1.54) is 0 Å². The van der Waals surface area contributed by atoms with Gasteiger partial charge in [0.25, 0.3) is 0 Å². The zero-order chi connectivity index (χ0) is 13.6. The number of rotatable bonds is 4. The minimum atomic E-state index is -1.18. The fourth-order valence-corrected chi connectivity index (χ4v) is 1.08. The van der Waals surface area contributed by atoms with E-state index >= 15 is 0 Å². The lowest BCUT2D eigenvalue weighted by atomic mass is 10.0. The molecule has 0 rings (SSSR count). The van der Waals surface area contributed by atoms with E-state index < -0.39 is 29.6 Å². The predicted octanol–water partition coefficient (Wildman–Crippen LogP) is 1.51. The number of aliphatic carboxylic acids is 1. The van der Waals surface area contributed by atoms with Crippen molar-refractivity contribution >= 4 is 12.1 Å². The molecule has 0 radical (unpaired) electrons. The third kappa shape index (κ3) is 7.17. The molecule has 96 valence electrons. The number of nitriles is 1. The topological polar surface area (TPSA) is 99.4 Å². The molecule has 0 aliphatic heterocycles. The van der Waals surface area contributed by atoms with Crippen molar-refractivity contribution in [2.24, 2.45) is 5.92 Å². The molecule has 0 fully saturated rings. The van der Waals surface area contributed by atoms with Crippen LogP contribution in [-0.4, -0.2) is 28.8 Å². The summed E-state index contributed by atoms with van der Waals surface area (Å²) in [5.74, 6) is -1.64. The molecule has 2 unspecified atom stereocenters. The summed E-state index contributed by atoms with van der Waals surface area (Å²) in [7, 11) is 0. The van der Waals surface area contributed by atoms with Crippen molar-refractivity contribution in [1.82, 2.24) is 5.32 Å². The van der Waals surface area contributed by atoms with Crippen molar-refractivity contribution in [2.45, 2.75) is 45.8 Å². The highest BCUT2D eigenvalue weighted by molar-refractivity contribution is 5.80. The Kier molecular flexibility index (Phi) is 5.45. The Hall–Kier alpha value is -1.77. The average molecular weight is 242 g/mol. The van der Waals surface area contributed by atoms with E-state index in [4.69, 9.17) is 15.1 Å². The maximum atomic E-state index is 11.4. The van der Waals surface area contributed by atoms with Gasteiger partial charge in [0.15, 0.2) is 0 Å². The summed E-state index contributed by atoms with van der Waals surface area (Å²) >= 11 is 0. The van der Waals surface area contributed by atoms with E-state index in [1.807, 2.05) is 6.07 Å². The molecule has 0 spiro atoms. The van der Waals surface area contributed by atoms with Gasteiger partial charge in [-0.3, -0.25) is 0 Å². The van der Waals surface area contributed by atoms with Crippen LogP contribution in [0.2, 0.25) is 0 Å². The highest BCUT2D eigenvalue weighted by Crippen LogP contribution is 2.09. The molecule has 0 bridgehead atoms. The van der Waals surface area contributed by atoms with E-state index in [-0.39, 0.29) is 6.42 Å². The van der Waals surface area contributed by atoms with E-state index in [0.29, 0.717) is 0 Å². The molecule has 0 heterocycles. The second-order valence-corrected chi connectivity index (χ2v) is 4.80. The number of amides is 1. The Labute approximate surface area is 101 Å². The molecular weight excluding hydrogens is 224 g/mol. The Morgan fingerprint density at radius 3 is 2.35 bits per heavy atom. The van der Waals surface area contributed by atoms with Crippen molar-refractivity contribution in [2.75, 3.05) is 0 Å². The van der Waals surface area contributed by atoms with Crippen LogP contribution in [0.3, 0.4) is 0 Å². The number of carbonyl (C=O) groups excluding carboxylic acids is 1. The van der Waals surface area contributed by atoms with Gasteiger partial charge in [0.05, 0.1) is 6.07 Å². The van der Waals surface area contributed by atoms with E-state index in [1.54, 1.807) is 27.7 Å². The lowest BCUT2D eigenvalue weighted by molar-refractivity contribution is -0.139. The normalized spacial score (nSPS) is 14.3. The van der Waals surface area contributed by atoms with Crippen LogP contribution in [0.4, 0.5) is 4.79 Å². The van der Waals surface area contributed by atoms with Gasteiger partial charge in [0.2, 0.25) is 0 Å². The molecule has 2 atom stereocenters. The minimum absolute atomic E-state index is 0.0467. The first kappa shape index (κ1) is 15.2. The monoisotopic (exact) mass is 242 g/mol. The first-order valence-corrected chi connectivity index (χ1v) is 5.27. The Morgan fingerprint density at radius 2 is 2.00 bits per heavy atom. The Bertz CT molecular complexity index is 327. The number of hydrogen-bond donors (Lipinski definition) is 2. The van der Waals surface area contributed by atoms with Crippen LogP contribution < -0.4 is 5.32 Å². The summed E-state index contributed by atoms with van der Waals surface area (Å²) in [6.45, 7) is 6.63. The zero-order valence-corrected chi connectivity index (χ0v) is 10.5. The van der Waals surface area contributed by atoms with Crippen LogP contribution in [0, 0.1) is 17.2 Å². The first-order chi connectivity index (χ1) is 7.65. The number of carbonyl (C=O) groups is 2. The molecule has 0 aromatic carbocycles. The molecule has 0 saturated carbocycles.